The van der Waals surface area contributed by atoms with Gasteiger partial charge in [0.2, 0.25) is 0 Å². The average Bonchev–Trinajstić information content (AvgIpc) is 2.62. The van der Waals surface area contributed by atoms with E-state index < -0.39 is 0 Å². The van der Waals surface area contributed by atoms with E-state index in [4.69, 9.17) is 0 Å². The highest BCUT2D eigenvalue weighted by Gasteiger charge is 2.16. The average molecular weight is 210 g/mol. The van der Waals surface area contributed by atoms with Gasteiger partial charge in [-0.2, -0.15) is 5.10 Å². The van der Waals surface area contributed by atoms with Crippen molar-refractivity contribution in [3.05, 3.63) is 42.2 Å². The molecule has 16 heavy (non-hydrogen) atoms. The van der Waals surface area contributed by atoms with Crippen molar-refractivity contribution in [3.63, 3.8) is 0 Å². The van der Waals surface area contributed by atoms with Gasteiger partial charge in [0.25, 0.3) is 0 Å². The number of benzene rings is 1. The number of nitrogens with zero attached hydrogens (tertiary/aromatic N) is 2. The first-order valence-corrected chi connectivity index (χ1v) is 5.09. The summed E-state index contributed by atoms with van der Waals surface area (Å²) in [6, 6.07) is 7.93. The van der Waals surface area contributed by atoms with Crippen LogP contribution in [0.3, 0.4) is 0 Å². The van der Waals surface area contributed by atoms with Gasteiger partial charge in [0.05, 0.1) is 6.20 Å². The van der Waals surface area contributed by atoms with Gasteiger partial charge in [0, 0.05) is 29.9 Å². The van der Waals surface area contributed by atoms with Crippen LogP contribution in [0.25, 0.3) is 21.9 Å². The Hall–Kier alpha value is -2.16. The predicted octanol–water partition coefficient (Wildman–Crippen LogP) is 2.49. The third-order valence-electron chi connectivity index (χ3n) is 2.89. The summed E-state index contributed by atoms with van der Waals surface area (Å²) in [6.07, 6.45) is 4.61. The highest BCUT2D eigenvalue weighted by atomic mass is 16.1. The lowest BCUT2D eigenvalue weighted by Gasteiger charge is -2.02. The van der Waals surface area contributed by atoms with E-state index in [1.807, 2.05) is 37.5 Å². The maximum absolute atomic E-state index is 11.1. The molecule has 0 saturated carbocycles. The Morgan fingerprint density at radius 2 is 1.94 bits per heavy atom. The van der Waals surface area contributed by atoms with Gasteiger partial charge in [-0.15, -0.1) is 0 Å². The van der Waals surface area contributed by atoms with Gasteiger partial charge in [0.15, 0.2) is 6.29 Å². The number of rotatable bonds is 1. The molecule has 3 heteroatoms. The molecule has 1 aromatic rings. The van der Waals surface area contributed by atoms with Crippen LogP contribution in [0.1, 0.15) is 10.4 Å². The molecule has 0 saturated heterocycles. The third-order valence-corrected chi connectivity index (χ3v) is 2.89. The van der Waals surface area contributed by atoms with Crippen molar-refractivity contribution in [2.24, 2.45) is 7.05 Å². The second-order valence-electron chi connectivity index (χ2n) is 3.85. The van der Waals surface area contributed by atoms with Crippen LogP contribution in [0.15, 0.2) is 36.7 Å². The smallest absolute Gasteiger partial charge is 0.151 e. The largest absolute Gasteiger partial charge is 0.298 e. The standard InChI is InChI=1S/C13H10N2O/c1-15-7-12-9-4-2-3-5-10(9)13(8-16)11(12)6-14-15/h2-8H,1H3. The molecule has 2 aliphatic rings. The molecule has 3 nitrogen and oxygen atoms in total. The van der Waals surface area contributed by atoms with Crippen molar-refractivity contribution in [2.45, 2.75) is 0 Å². The summed E-state index contributed by atoms with van der Waals surface area (Å²) in [7, 11) is 1.88. The van der Waals surface area contributed by atoms with Crippen molar-refractivity contribution < 1.29 is 4.79 Å². The molecule has 0 radical (unpaired) electrons. The van der Waals surface area contributed by atoms with Crippen molar-refractivity contribution >= 4 is 17.1 Å². The Bertz CT molecular complexity index is 654. The minimum atomic E-state index is 0.735. The van der Waals surface area contributed by atoms with E-state index in [9.17, 15) is 4.79 Å². The second-order valence-corrected chi connectivity index (χ2v) is 3.85. The van der Waals surface area contributed by atoms with Gasteiger partial charge in [-0.1, -0.05) is 24.3 Å². The number of hydrogen-bond donors (Lipinski definition) is 0. The lowest BCUT2D eigenvalue weighted by molar-refractivity contribution is 0.112. The molecule has 0 spiro atoms. The Kier molecular flexibility index (Phi) is 1.80. The monoisotopic (exact) mass is 210 g/mol. The van der Waals surface area contributed by atoms with Crippen molar-refractivity contribution in [1.82, 2.24) is 9.78 Å². The lowest BCUT2D eigenvalue weighted by Crippen LogP contribution is -1.96. The van der Waals surface area contributed by atoms with E-state index >= 15 is 0 Å². The van der Waals surface area contributed by atoms with E-state index in [1.54, 1.807) is 10.9 Å². The number of aromatic nitrogens is 2. The Balaban J connectivity index is 2.57. The number of carbonyl (C=O) groups excluding carboxylic acids is 1. The van der Waals surface area contributed by atoms with E-state index in [0.29, 0.717) is 0 Å². The first kappa shape index (κ1) is 9.09. The first-order valence-electron chi connectivity index (χ1n) is 5.09. The summed E-state index contributed by atoms with van der Waals surface area (Å²) >= 11 is 0. The zero-order valence-corrected chi connectivity index (χ0v) is 8.84. The van der Waals surface area contributed by atoms with Crippen molar-refractivity contribution in [1.29, 1.82) is 0 Å². The second kappa shape index (κ2) is 3.17. The van der Waals surface area contributed by atoms with E-state index in [-0.39, 0.29) is 0 Å². The molecule has 1 heterocycles. The summed E-state index contributed by atoms with van der Waals surface area (Å²) in [5, 5.41) is 6.28. The summed E-state index contributed by atoms with van der Waals surface area (Å²) < 4.78 is 1.75. The predicted molar refractivity (Wildman–Crippen MR) is 62.7 cm³/mol. The number of aldehydes is 1. The van der Waals surface area contributed by atoms with Crippen LogP contribution < -0.4 is 0 Å². The minimum absolute atomic E-state index is 0.735. The number of carbonyl (C=O) groups is 1. The SMILES string of the molecule is Cn1cc2c3ccccc3c(C=O)c-2cn1. The Morgan fingerprint density at radius 3 is 2.69 bits per heavy atom. The quantitative estimate of drug-likeness (QED) is 0.578. The highest BCUT2D eigenvalue weighted by Crippen LogP contribution is 2.36. The third kappa shape index (κ3) is 1.08. The van der Waals surface area contributed by atoms with E-state index in [1.165, 1.54) is 0 Å². The molecule has 0 unspecified atom stereocenters. The van der Waals surface area contributed by atoms with Gasteiger partial charge >= 0.3 is 0 Å². The topological polar surface area (TPSA) is 34.9 Å². The van der Waals surface area contributed by atoms with E-state index in [0.717, 1.165) is 33.7 Å². The Morgan fingerprint density at radius 1 is 1.19 bits per heavy atom. The number of hydrogen-bond acceptors (Lipinski definition) is 2. The molecule has 0 fully saturated rings. The van der Waals surface area contributed by atoms with Gasteiger partial charge in [-0.25, -0.2) is 0 Å². The summed E-state index contributed by atoms with van der Waals surface area (Å²) in [5.41, 5.74) is 2.74. The zero-order chi connectivity index (χ0) is 11.1. The molecule has 1 aliphatic carbocycles. The van der Waals surface area contributed by atoms with Crippen molar-refractivity contribution in [2.75, 3.05) is 0 Å². The fourth-order valence-corrected chi connectivity index (χ4v) is 2.16. The first-order chi connectivity index (χ1) is 7.81. The molecule has 1 aliphatic heterocycles. The van der Waals surface area contributed by atoms with Crippen LogP contribution >= 0.6 is 0 Å². The lowest BCUT2D eigenvalue weighted by atomic mass is 10.1. The van der Waals surface area contributed by atoms with Crippen LogP contribution in [-0.2, 0) is 7.05 Å². The molecule has 0 N–H and O–H groups in total. The molecule has 1 aromatic carbocycles. The molecule has 0 aromatic heterocycles. The van der Waals surface area contributed by atoms with Crippen LogP contribution in [-0.4, -0.2) is 16.1 Å². The van der Waals surface area contributed by atoms with Crippen LogP contribution in [0.5, 0.6) is 0 Å². The summed E-state index contributed by atoms with van der Waals surface area (Å²) in [4.78, 5) is 11.1. The Labute approximate surface area is 92.6 Å². The molecular weight excluding hydrogens is 200 g/mol. The van der Waals surface area contributed by atoms with Crippen LogP contribution in [0.4, 0.5) is 0 Å². The molecule has 78 valence electrons. The molecule has 0 atom stereocenters. The maximum Gasteiger partial charge on any atom is 0.151 e. The molecule has 0 amide bonds. The van der Waals surface area contributed by atoms with Gasteiger partial charge in [-0.05, 0) is 10.8 Å². The maximum atomic E-state index is 11.1. The summed E-state index contributed by atoms with van der Waals surface area (Å²) in [6.45, 7) is 0. The molecular formula is C13H10N2O. The highest BCUT2D eigenvalue weighted by molar-refractivity contribution is 6.13. The van der Waals surface area contributed by atoms with Crippen LogP contribution in [0, 0.1) is 0 Å². The molecule has 0 bridgehead atoms. The van der Waals surface area contributed by atoms with Crippen molar-refractivity contribution in [3.8, 4) is 11.1 Å². The fraction of sp³-hybridized carbons (Fsp3) is 0.0769. The van der Waals surface area contributed by atoms with E-state index in [2.05, 4.69) is 5.10 Å². The minimum Gasteiger partial charge on any atom is -0.298 e. The van der Waals surface area contributed by atoms with Gasteiger partial charge < -0.3 is 0 Å². The van der Waals surface area contributed by atoms with Gasteiger partial charge in [0.1, 0.15) is 0 Å². The van der Waals surface area contributed by atoms with Crippen LogP contribution in [0.2, 0.25) is 0 Å². The summed E-state index contributed by atoms with van der Waals surface area (Å²) in [5.74, 6) is 0. The number of aryl methyl sites for hydroxylation is 1. The number of fused-ring (bicyclic) bond motifs is 3. The molecule has 3 rings (SSSR count). The van der Waals surface area contributed by atoms with Gasteiger partial charge in [-0.3, -0.25) is 9.48 Å². The normalized spacial score (nSPS) is 11.1. The zero-order valence-electron chi connectivity index (χ0n) is 8.84. The fourth-order valence-electron chi connectivity index (χ4n) is 2.16.